The van der Waals surface area contributed by atoms with Crippen LogP contribution in [-0.4, -0.2) is 4.89 Å². The first-order valence-corrected chi connectivity index (χ1v) is 7.33. The smallest absolute Gasteiger partial charge is 0.180 e. The maximum atomic E-state index is 9.16. The van der Waals surface area contributed by atoms with Crippen molar-refractivity contribution in [1.82, 2.24) is 5.09 Å². The molecule has 0 aliphatic carbocycles. The van der Waals surface area contributed by atoms with E-state index in [1.165, 1.54) is 0 Å². The van der Waals surface area contributed by atoms with Gasteiger partial charge in [0.1, 0.15) is 0 Å². The van der Waals surface area contributed by atoms with E-state index in [0.29, 0.717) is 6.54 Å². The van der Waals surface area contributed by atoms with Gasteiger partial charge in [-0.05, 0) is 17.4 Å². The third kappa shape index (κ3) is 4.24. The topological polar surface area (TPSA) is 32.3 Å². The second kappa shape index (κ2) is 4.40. The van der Waals surface area contributed by atoms with Gasteiger partial charge in [-0.25, -0.2) is 0 Å². The fraction of sp³-hybridized carbons (Fsp3) is 0.143. The van der Waals surface area contributed by atoms with E-state index in [9.17, 15) is 0 Å². The van der Waals surface area contributed by atoms with Crippen molar-refractivity contribution in [1.29, 1.82) is 0 Å². The highest BCUT2D eigenvalue weighted by atomic mass is 32.9. The molecule has 1 atom stereocenters. The van der Waals surface area contributed by atoms with Crippen LogP contribution in [0.3, 0.4) is 0 Å². The summed E-state index contributed by atoms with van der Waals surface area (Å²) in [5.41, 5.74) is -1.46. The Kier molecular flexibility index (Phi) is 3.75. The third-order valence-corrected chi connectivity index (χ3v) is 2.71. The fourth-order valence-corrected chi connectivity index (χ4v) is 1.58. The lowest BCUT2D eigenvalue weighted by molar-refractivity contribution is 0.621. The Balaban J connectivity index is 2.50. The first kappa shape index (κ1) is 10.2. The van der Waals surface area contributed by atoms with Gasteiger partial charge in [-0.1, -0.05) is 30.3 Å². The molecule has 0 saturated carbocycles. The minimum Gasteiger partial charge on any atom is -0.346 e. The lowest BCUT2D eigenvalue weighted by Gasteiger charge is -2.09. The molecule has 5 heteroatoms. The van der Waals surface area contributed by atoms with Crippen LogP contribution in [0.25, 0.3) is 0 Å². The van der Waals surface area contributed by atoms with Crippen LogP contribution in [0.5, 0.6) is 0 Å². The van der Waals surface area contributed by atoms with E-state index in [2.05, 4.69) is 17.3 Å². The molecule has 2 N–H and O–H groups in total. The molecule has 0 amide bonds. The van der Waals surface area contributed by atoms with E-state index in [1.807, 2.05) is 30.3 Å². The molecular formula is C7H10NOPS2. The fourth-order valence-electron chi connectivity index (χ4n) is 0.790. The molecule has 0 bridgehead atoms. The Labute approximate surface area is 82.3 Å². The molecule has 1 rings (SSSR count). The molecule has 1 unspecified atom stereocenters. The van der Waals surface area contributed by atoms with Gasteiger partial charge >= 0.3 is 0 Å². The van der Waals surface area contributed by atoms with Crippen LogP contribution in [0.4, 0.5) is 0 Å². The molecule has 2 nitrogen and oxygen atoms in total. The Bertz CT molecular complexity index is 285. The number of hydrogen-bond acceptors (Lipinski definition) is 1. The van der Waals surface area contributed by atoms with Crippen LogP contribution >= 0.6 is 17.9 Å². The molecule has 0 saturated heterocycles. The van der Waals surface area contributed by atoms with E-state index in [4.69, 9.17) is 16.7 Å². The summed E-state index contributed by atoms with van der Waals surface area (Å²) in [4.78, 5) is 9.16. The SMILES string of the molecule is OP(=S)(S)NCc1ccccc1. The maximum absolute atomic E-state index is 9.16. The van der Waals surface area contributed by atoms with Crippen molar-refractivity contribution < 1.29 is 4.89 Å². The minimum atomic E-state index is -2.55. The monoisotopic (exact) mass is 219 g/mol. The molecule has 1 aromatic carbocycles. The summed E-state index contributed by atoms with van der Waals surface area (Å²) in [7, 11) is 0. The summed E-state index contributed by atoms with van der Waals surface area (Å²) < 4.78 is 0. The van der Waals surface area contributed by atoms with Crippen LogP contribution in [0, 0.1) is 0 Å². The number of thiol groups is 1. The van der Waals surface area contributed by atoms with E-state index in [0.717, 1.165) is 5.56 Å². The van der Waals surface area contributed by atoms with Gasteiger partial charge in [-0.2, -0.15) is 0 Å². The van der Waals surface area contributed by atoms with Gasteiger partial charge in [0.25, 0.3) is 0 Å². The molecule has 0 heterocycles. The van der Waals surface area contributed by atoms with Crippen LogP contribution in [0.15, 0.2) is 30.3 Å². The lowest BCUT2D eigenvalue weighted by Crippen LogP contribution is -2.05. The van der Waals surface area contributed by atoms with Crippen LogP contribution in [0.2, 0.25) is 0 Å². The van der Waals surface area contributed by atoms with Crippen molar-refractivity contribution in [3.8, 4) is 0 Å². The zero-order valence-electron chi connectivity index (χ0n) is 6.34. The van der Waals surface area contributed by atoms with Crippen molar-refractivity contribution in [2.24, 2.45) is 0 Å². The number of nitrogens with one attached hydrogen (secondary N) is 1. The van der Waals surface area contributed by atoms with Gasteiger partial charge in [-0.15, -0.1) is 12.2 Å². The van der Waals surface area contributed by atoms with Crippen molar-refractivity contribution in [2.45, 2.75) is 6.54 Å². The molecule has 66 valence electrons. The van der Waals surface area contributed by atoms with Crippen molar-refractivity contribution >= 4 is 29.7 Å². The highest BCUT2D eigenvalue weighted by Gasteiger charge is 2.02. The highest BCUT2D eigenvalue weighted by Crippen LogP contribution is 2.40. The quantitative estimate of drug-likeness (QED) is 0.536. The summed E-state index contributed by atoms with van der Waals surface area (Å²) >= 11 is 8.56. The van der Waals surface area contributed by atoms with Crippen LogP contribution in [-0.2, 0) is 18.4 Å². The Hall–Kier alpha value is 0.140. The summed E-state index contributed by atoms with van der Waals surface area (Å²) in [6.45, 7) is 0.568. The Morgan fingerprint density at radius 2 is 2.00 bits per heavy atom. The predicted molar refractivity (Wildman–Crippen MR) is 58.8 cm³/mol. The van der Waals surface area contributed by atoms with Crippen LogP contribution < -0.4 is 5.09 Å². The molecule has 0 aliphatic heterocycles. The Morgan fingerprint density at radius 1 is 1.42 bits per heavy atom. The number of hydrogen-bond donors (Lipinski definition) is 3. The van der Waals surface area contributed by atoms with Gasteiger partial charge in [0.05, 0.1) is 0 Å². The lowest BCUT2D eigenvalue weighted by atomic mass is 10.2. The van der Waals surface area contributed by atoms with Gasteiger partial charge in [0.15, 0.2) is 5.62 Å². The third-order valence-electron chi connectivity index (χ3n) is 1.33. The molecule has 0 radical (unpaired) electrons. The van der Waals surface area contributed by atoms with Gasteiger partial charge < -0.3 is 4.89 Å². The first-order valence-electron chi connectivity index (χ1n) is 3.42. The van der Waals surface area contributed by atoms with Crippen molar-refractivity contribution in [3.05, 3.63) is 35.9 Å². The molecule has 0 spiro atoms. The van der Waals surface area contributed by atoms with Crippen molar-refractivity contribution in [2.75, 3.05) is 0 Å². The molecule has 0 fully saturated rings. The summed E-state index contributed by atoms with van der Waals surface area (Å²) in [5, 5.41) is 2.78. The molecular weight excluding hydrogens is 209 g/mol. The average Bonchev–Trinajstić information content (AvgIpc) is 2.02. The van der Waals surface area contributed by atoms with Crippen LogP contribution in [0.1, 0.15) is 5.56 Å². The number of rotatable bonds is 3. The molecule has 0 aliphatic rings. The van der Waals surface area contributed by atoms with E-state index in [-0.39, 0.29) is 0 Å². The predicted octanol–water partition coefficient (Wildman–Crippen LogP) is 1.92. The number of benzene rings is 1. The van der Waals surface area contributed by atoms with Crippen molar-refractivity contribution in [3.63, 3.8) is 0 Å². The zero-order chi connectivity index (χ0) is 9.03. The van der Waals surface area contributed by atoms with Gasteiger partial charge in [0.2, 0.25) is 0 Å². The molecule has 1 aromatic rings. The minimum absolute atomic E-state index is 0.568. The molecule has 0 aromatic heterocycles. The van der Waals surface area contributed by atoms with Gasteiger partial charge in [0, 0.05) is 6.54 Å². The van der Waals surface area contributed by atoms with Gasteiger partial charge in [-0.3, -0.25) is 5.09 Å². The molecule has 12 heavy (non-hydrogen) atoms. The van der Waals surface area contributed by atoms with E-state index in [1.54, 1.807) is 0 Å². The van der Waals surface area contributed by atoms with E-state index < -0.39 is 5.62 Å². The van der Waals surface area contributed by atoms with E-state index >= 15 is 0 Å². The highest BCUT2D eigenvalue weighted by molar-refractivity contribution is 8.60. The summed E-state index contributed by atoms with van der Waals surface area (Å²) in [6, 6.07) is 9.75. The standard InChI is InChI=1S/C7H10NOPS2/c9-10(11,12)8-6-7-4-2-1-3-5-7/h1-5H,6H2,(H3,8,9,11,12). The summed E-state index contributed by atoms with van der Waals surface area (Å²) in [5.74, 6) is 0. The Morgan fingerprint density at radius 3 is 2.50 bits per heavy atom. The normalized spacial score (nSPS) is 15.5. The first-order chi connectivity index (χ1) is 5.58. The summed E-state index contributed by atoms with van der Waals surface area (Å²) in [6.07, 6.45) is 0. The second-order valence-corrected chi connectivity index (χ2v) is 7.90. The zero-order valence-corrected chi connectivity index (χ0v) is 8.95. The average molecular weight is 219 g/mol. The maximum Gasteiger partial charge on any atom is 0.180 e. The second-order valence-electron chi connectivity index (χ2n) is 2.36. The largest absolute Gasteiger partial charge is 0.346 e.